The topological polar surface area (TPSA) is 133 Å². The van der Waals surface area contributed by atoms with Crippen molar-refractivity contribution in [2.24, 2.45) is 5.92 Å². The van der Waals surface area contributed by atoms with Crippen LogP contribution >= 0.6 is 11.6 Å². The molecule has 0 saturated heterocycles. The molecule has 1 atom stereocenters. The molecular formula is C22H21ClN4O6. The Morgan fingerprint density at radius 3 is 2.61 bits per heavy atom. The number of nitrogens with zero attached hydrogens (tertiary/aromatic N) is 3. The van der Waals surface area contributed by atoms with E-state index in [4.69, 9.17) is 16.3 Å². The standard InChI is InChI=1S/C22H21ClN4O6/c1-12(2)20(25-21(29)16-6-5-15(27(31)32)9-17(16)23)22(30)33-11-14-8-19(28)26-10-13(3)4-7-18(26)24-14/h4-10,12,20H,11H2,1-3H3,(H,25,29). The van der Waals surface area contributed by atoms with Gasteiger partial charge in [-0.05, 0) is 30.5 Å². The number of ether oxygens (including phenoxy) is 1. The lowest BCUT2D eigenvalue weighted by Crippen LogP contribution is -2.45. The fraction of sp³-hybridized carbons (Fsp3) is 0.273. The minimum Gasteiger partial charge on any atom is -0.458 e. The molecule has 0 aliphatic rings. The van der Waals surface area contributed by atoms with E-state index < -0.39 is 22.8 Å². The summed E-state index contributed by atoms with van der Waals surface area (Å²) in [5.74, 6) is -1.73. The van der Waals surface area contributed by atoms with Crippen molar-refractivity contribution < 1.29 is 19.2 Å². The molecule has 0 bridgehead atoms. The van der Waals surface area contributed by atoms with E-state index in [1.807, 2.05) is 13.0 Å². The summed E-state index contributed by atoms with van der Waals surface area (Å²) in [7, 11) is 0. The normalized spacial score (nSPS) is 11.9. The molecule has 1 aromatic carbocycles. The number of amides is 1. The lowest BCUT2D eigenvalue weighted by atomic mass is 10.0. The van der Waals surface area contributed by atoms with Gasteiger partial charge in [-0.15, -0.1) is 0 Å². The van der Waals surface area contributed by atoms with E-state index in [1.165, 1.54) is 16.5 Å². The second kappa shape index (κ2) is 9.78. The number of carbonyl (C=O) groups is 2. The second-order valence-electron chi connectivity index (χ2n) is 7.74. The first-order valence-corrected chi connectivity index (χ1v) is 10.3. The molecule has 3 rings (SSSR count). The molecule has 172 valence electrons. The first kappa shape index (κ1) is 23.9. The molecule has 0 aliphatic heterocycles. The average Bonchev–Trinajstić information content (AvgIpc) is 2.75. The number of hydrogen-bond donors (Lipinski definition) is 1. The molecule has 0 saturated carbocycles. The van der Waals surface area contributed by atoms with Gasteiger partial charge in [0.2, 0.25) is 0 Å². The molecule has 11 heteroatoms. The number of esters is 1. The molecule has 2 aromatic heterocycles. The number of nitro groups is 1. The number of rotatable bonds is 7. The number of benzene rings is 1. The maximum atomic E-state index is 12.7. The van der Waals surface area contributed by atoms with Gasteiger partial charge in [0.1, 0.15) is 18.3 Å². The van der Waals surface area contributed by atoms with Crippen LogP contribution in [0, 0.1) is 23.0 Å². The Morgan fingerprint density at radius 2 is 1.97 bits per heavy atom. The summed E-state index contributed by atoms with van der Waals surface area (Å²) in [6, 6.07) is 7.18. The van der Waals surface area contributed by atoms with Crippen molar-refractivity contribution in [1.82, 2.24) is 14.7 Å². The molecule has 0 spiro atoms. The van der Waals surface area contributed by atoms with Crippen molar-refractivity contribution >= 4 is 34.8 Å². The smallest absolute Gasteiger partial charge is 0.329 e. The second-order valence-corrected chi connectivity index (χ2v) is 8.15. The summed E-state index contributed by atoms with van der Waals surface area (Å²) in [4.78, 5) is 52.2. The van der Waals surface area contributed by atoms with Crippen LogP contribution in [0.3, 0.4) is 0 Å². The highest BCUT2D eigenvalue weighted by atomic mass is 35.5. The minimum atomic E-state index is -1.02. The molecule has 1 unspecified atom stereocenters. The van der Waals surface area contributed by atoms with Crippen LogP contribution in [-0.4, -0.2) is 32.2 Å². The van der Waals surface area contributed by atoms with Crippen LogP contribution < -0.4 is 10.9 Å². The van der Waals surface area contributed by atoms with Crippen molar-refractivity contribution in [3.8, 4) is 0 Å². The number of pyridine rings is 1. The third kappa shape index (κ3) is 5.53. The molecule has 1 amide bonds. The molecule has 10 nitrogen and oxygen atoms in total. The van der Waals surface area contributed by atoms with Crippen molar-refractivity contribution in [3.05, 3.63) is 84.9 Å². The van der Waals surface area contributed by atoms with Crippen LogP contribution in [0.15, 0.2) is 47.4 Å². The third-order valence-corrected chi connectivity index (χ3v) is 5.15. The Kier molecular flexibility index (Phi) is 7.07. The van der Waals surface area contributed by atoms with E-state index in [1.54, 1.807) is 26.1 Å². The number of non-ortho nitro benzene ring substituents is 1. The predicted molar refractivity (Wildman–Crippen MR) is 120 cm³/mol. The highest BCUT2D eigenvalue weighted by Crippen LogP contribution is 2.23. The summed E-state index contributed by atoms with van der Waals surface area (Å²) < 4.78 is 6.70. The van der Waals surface area contributed by atoms with Crippen LogP contribution in [0.1, 0.15) is 35.5 Å². The zero-order valence-electron chi connectivity index (χ0n) is 18.1. The Balaban J connectivity index is 1.72. The van der Waals surface area contributed by atoms with Crippen LogP contribution in [0.5, 0.6) is 0 Å². The number of carbonyl (C=O) groups excluding carboxylic acids is 2. The van der Waals surface area contributed by atoms with Crippen LogP contribution in [0.4, 0.5) is 5.69 Å². The van der Waals surface area contributed by atoms with Gasteiger partial charge in [0, 0.05) is 24.4 Å². The molecular weight excluding hydrogens is 452 g/mol. The van der Waals surface area contributed by atoms with Crippen LogP contribution in [0.2, 0.25) is 5.02 Å². The fourth-order valence-electron chi connectivity index (χ4n) is 3.09. The van der Waals surface area contributed by atoms with Gasteiger partial charge in [-0.2, -0.15) is 0 Å². The van der Waals surface area contributed by atoms with Crippen molar-refractivity contribution in [2.75, 3.05) is 0 Å². The number of hydrogen-bond acceptors (Lipinski definition) is 7. The van der Waals surface area contributed by atoms with E-state index in [-0.39, 0.29) is 40.1 Å². The summed E-state index contributed by atoms with van der Waals surface area (Å²) in [5.41, 5.74) is 1.00. The number of nitrogens with one attached hydrogen (secondary N) is 1. The van der Waals surface area contributed by atoms with Crippen molar-refractivity contribution in [2.45, 2.75) is 33.4 Å². The summed E-state index contributed by atoms with van der Waals surface area (Å²) in [6.07, 6.45) is 1.66. The molecule has 0 radical (unpaired) electrons. The molecule has 0 fully saturated rings. The van der Waals surface area contributed by atoms with Gasteiger partial charge in [0.25, 0.3) is 17.2 Å². The molecule has 3 aromatic rings. The monoisotopic (exact) mass is 472 g/mol. The first-order valence-electron chi connectivity index (χ1n) is 9.97. The van der Waals surface area contributed by atoms with E-state index in [2.05, 4.69) is 10.3 Å². The fourth-order valence-corrected chi connectivity index (χ4v) is 3.35. The van der Waals surface area contributed by atoms with Gasteiger partial charge in [-0.1, -0.05) is 31.5 Å². The highest BCUT2D eigenvalue weighted by molar-refractivity contribution is 6.34. The Morgan fingerprint density at radius 1 is 1.24 bits per heavy atom. The van der Waals surface area contributed by atoms with Gasteiger partial charge < -0.3 is 10.1 Å². The molecule has 2 heterocycles. The summed E-state index contributed by atoms with van der Waals surface area (Å²) >= 11 is 6.00. The minimum absolute atomic E-state index is 0.0137. The van der Waals surface area contributed by atoms with Gasteiger partial charge in [-0.3, -0.25) is 24.1 Å². The van der Waals surface area contributed by atoms with Gasteiger partial charge >= 0.3 is 5.97 Å². The Hall–Kier alpha value is -3.79. The lowest BCUT2D eigenvalue weighted by molar-refractivity contribution is -0.384. The number of nitro benzene ring substituents is 1. The molecule has 0 aliphatic carbocycles. The molecule has 33 heavy (non-hydrogen) atoms. The first-order chi connectivity index (χ1) is 15.6. The van der Waals surface area contributed by atoms with E-state index in [9.17, 15) is 24.5 Å². The Labute approximate surface area is 193 Å². The third-order valence-electron chi connectivity index (χ3n) is 4.84. The van der Waals surface area contributed by atoms with Gasteiger partial charge in [-0.25, -0.2) is 9.78 Å². The van der Waals surface area contributed by atoms with E-state index in [0.717, 1.165) is 17.7 Å². The lowest BCUT2D eigenvalue weighted by Gasteiger charge is -2.21. The molecule has 1 N–H and O–H groups in total. The number of aryl methyl sites for hydroxylation is 1. The van der Waals surface area contributed by atoms with E-state index in [0.29, 0.717) is 5.65 Å². The van der Waals surface area contributed by atoms with Crippen molar-refractivity contribution in [3.63, 3.8) is 0 Å². The maximum Gasteiger partial charge on any atom is 0.329 e. The number of aromatic nitrogens is 2. The zero-order chi connectivity index (χ0) is 24.3. The highest BCUT2D eigenvalue weighted by Gasteiger charge is 2.27. The quantitative estimate of drug-likeness (QED) is 0.317. The SMILES string of the molecule is Cc1ccc2nc(COC(=O)C(NC(=O)c3ccc([N+](=O)[O-])cc3Cl)C(C)C)cc(=O)n2c1. The van der Waals surface area contributed by atoms with Crippen LogP contribution in [0.25, 0.3) is 5.65 Å². The van der Waals surface area contributed by atoms with Crippen molar-refractivity contribution in [1.29, 1.82) is 0 Å². The largest absolute Gasteiger partial charge is 0.458 e. The Bertz CT molecular complexity index is 1300. The zero-order valence-corrected chi connectivity index (χ0v) is 18.8. The predicted octanol–water partition coefficient (Wildman–Crippen LogP) is 3.06. The van der Waals surface area contributed by atoms with E-state index >= 15 is 0 Å². The average molecular weight is 473 g/mol. The summed E-state index contributed by atoms with van der Waals surface area (Å²) in [6.45, 7) is 5.03. The van der Waals surface area contributed by atoms with Gasteiger partial charge in [0.05, 0.1) is 21.2 Å². The van der Waals surface area contributed by atoms with Gasteiger partial charge in [0.15, 0.2) is 0 Å². The van der Waals surface area contributed by atoms with Crippen LogP contribution in [-0.2, 0) is 16.1 Å². The number of halogens is 1. The maximum absolute atomic E-state index is 12.7. The number of fused-ring (bicyclic) bond motifs is 1. The summed E-state index contributed by atoms with van der Waals surface area (Å²) in [5, 5.41) is 13.3.